The fraction of sp³-hybridized carbons (Fsp3) is 0.0870. The summed E-state index contributed by atoms with van der Waals surface area (Å²) in [6.45, 7) is 1.75. The van der Waals surface area contributed by atoms with Crippen LogP contribution in [0.25, 0.3) is 6.08 Å². The third-order valence-corrected chi connectivity index (χ3v) is 4.57. The zero-order chi connectivity index (χ0) is 20.4. The first-order valence-corrected chi connectivity index (χ1v) is 8.91. The highest BCUT2D eigenvalue weighted by atomic mass is 16.5. The van der Waals surface area contributed by atoms with Crippen LogP contribution in [0.3, 0.4) is 0 Å². The van der Waals surface area contributed by atoms with Crippen LogP contribution in [0.1, 0.15) is 31.8 Å². The van der Waals surface area contributed by atoms with Crippen molar-refractivity contribution in [3.05, 3.63) is 88.9 Å². The van der Waals surface area contributed by atoms with Gasteiger partial charge in [-0.25, -0.2) is 4.79 Å². The number of ketones is 1. The fourth-order valence-corrected chi connectivity index (χ4v) is 2.98. The minimum Gasteiger partial charge on any atom is -0.497 e. The summed E-state index contributed by atoms with van der Waals surface area (Å²) < 4.78 is 16.4. The largest absolute Gasteiger partial charge is 0.497 e. The van der Waals surface area contributed by atoms with Gasteiger partial charge in [-0.3, -0.25) is 9.78 Å². The number of benzene rings is 2. The lowest BCUT2D eigenvalue weighted by molar-refractivity contribution is 0.0733. The lowest BCUT2D eigenvalue weighted by atomic mass is 10.1. The summed E-state index contributed by atoms with van der Waals surface area (Å²) in [5, 5.41) is 0. The number of hydrogen-bond acceptors (Lipinski definition) is 6. The monoisotopic (exact) mass is 387 g/mol. The van der Waals surface area contributed by atoms with Crippen molar-refractivity contribution in [1.82, 2.24) is 4.98 Å². The van der Waals surface area contributed by atoms with Crippen LogP contribution in [0.2, 0.25) is 0 Å². The summed E-state index contributed by atoms with van der Waals surface area (Å²) >= 11 is 0. The smallest absolute Gasteiger partial charge is 0.343 e. The van der Waals surface area contributed by atoms with Crippen LogP contribution in [0, 0.1) is 6.92 Å². The minimum absolute atomic E-state index is 0.214. The third kappa shape index (κ3) is 3.60. The van der Waals surface area contributed by atoms with Gasteiger partial charge in [-0.05, 0) is 55.0 Å². The maximum atomic E-state index is 12.7. The molecule has 0 radical (unpaired) electrons. The average Bonchev–Trinajstić information content (AvgIpc) is 3.07. The number of carbonyl (C=O) groups excluding carboxylic acids is 2. The second-order valence-electron chi connectivity index (χ2n) is 6.40. The van der Waals surface area contributed by atoms with Gasteiger partial charge in [0.15, 0.2) is 5.76 Å². The third-order valence-electron chi connectivity index (χ3n) is 4.57. The number of pyridine rings is 1. The number of fused-ring (bicyclic) bond motifs is 1. The summed E-state index contributed by atoms with van der Waals surface area (Å²) in [7, 11) is 1.59. The van der Waals surface area contributed by atoms with Crippen molar-refractivity contribution < 1.29 is 23.8 Å². The van der Waals surface area contributed by atoms with E-state index < -0.39 is 5.97 Å². The molecular formula is C23H17NO5. The summed E-state index contributed by atoms with van der Waals surface area (Å²) in [6.07, 6.45) is 4.71. The molecule has 0 amide bonds. The number of methoxy groups -OCH3 is 1. The molecule has 0 bridgehead atoms. The molecule has 3 aromatic rings. The van der Waals surface area contributed by atoms with Gasteiger partial charge < -0.3 is 14.2 Å². The van der Waals surface area contributed by atoms with Gasteiger partial charge in [0.25, 0.3) is 0 Å². The predicted molar refractivity (Wildman–Crippen MR) is 106 cm³/mol. The molecule has 0 N–H and O–H groups in total. The SMILES string of the molecule is COc1ccc(/C=C2\Oc3c(ccc(OC(=O)c4ccncc4)c3C)C2=O)cc1. The Morgan fingerprint density at radius 1 is 1.03 bits per heavy atom. The quantitative estimate of drug-likeness (QED) is 0.379. The van der Waals surface area contributed by atoms with Crippen LogP contribution in [-0.2, 0) is 0 Å². The summed E-state index contributed by atoms with van der Waals surface area (Å²) in [4.78, 5) is 28.9. The normalized spacial score (nSPS) is 13.7. The van der Waals surface area contributed by atoms with Gasteiger partial charge in [-0.1, -0.05) is 12.1 Å². The van der Waals surface area contributed by atoms with E-state index in [2.05, 4.69) is 4.98 Å². The average molecular weight is 387 g/mol. The Labute approximate surface area is 167 Å². The van der Waals surface area contributed by atoms with Gasteiger partial charge in [-0.15, -0.1) is 0 Å². The highest BCUT2D eigenvalue weighted by Crippen LogP contribution is 2.39. The van der Waals surface area contributed by atoms with E-state index in [1.54, 1.807) is 56.5 Å². The highest BCUT2D eigenvalue weighted by molar-refractivity contribution is 6.15. The number of ether oxygens (including phenoxy) is 3. The number of rotatable bonds is 4. The van der Waals surface area contributed by atoms with Crippen LogP contribution in [0.5, 0.6) is 17.2 Å². The number of Topliss-reactive ketones (excluding diaryl/α,β-unsaturated/α-hetero) is 1. The van der Waals surface area contributed by atoms with Crippen LogP contribution in [0.4, 0.5) is 0 Å². The number of aromatic nitrogens is 1. The number of carbonyl (C=O) groups is 2. The lowest BCUT2D eigenvalue weighted by Crippen LogP contribution is -2.09. The molecule has 2 heterocycles. The molecule has 0 fully saturated rings. The molecule has 2 aromatic carbocycles. The van der Waals surface area contributed by atoms with Gasteiger partial charge in [0.05, 0.1) is 18.2 Å². The Hall–Kier alpha value is -3.93. The van der Waals surface area contributed by atoms with E-state index in [4.69, 9.17) is 14.2 Å². The Morgan fingerprint density at radius 3 is 2.45 bits per heavy atom. The summed E-state index contributed by atoms with van der Waals surface area (Å²) in [5.74, 6) is 0.954. The lowest BCUT2D eigenvalue weighted by Gasteiger charge is -2.10. The summed E-state index contributed by atoms with van der Waals surface area (Å²) in [6, 6.07) is 13.6. The maximum absolute atomic E-state index is 12.7. The van der Waals surface area contributed by atoms with Crippen molar-refractivity contribution in [2.75, 3.05) is 7.11 Å². The number of hydrogen-bond donors (Lipinski definition) is 0. The van der Waals surface area contributed by atoms with Crippen molar-refractivity contribution in [2.45, 2.75) is 6.92 Å². The van der Waals surface area contributed by atoms with Gasteiger partial charge in [-0.2, -0.15) is 0 Å². The first kappa shape index (κ1) is 18.4. The van der Waals surface area contributed by atoms with E-state index in [0.29, 0.717) is 28.2 Å². The Bertz CT molecular complexity index is 1120. The second-order valence-corrected chi connectivity index (χ2v) is 6.40. The van der Waals surface area contributed by atoms with Crippen LogP contribution in [-0.4, -0.2) is 23.8 Å². The van der Waals surface area contributed by atoms with Gasteiger partial charge in [0, 0.05) is 18.0 Å². The molecule has 1 aliphatic heterocycles. The molecule has 6 heteroatoms. The van der Waals surface area contributed by atoms with Gasteiger partial charge in [0.1, 0.15) is 17.2 Å². The van der Waals surface area contributed by atoms with Crippen LogP contribution in [0.15, 0.2) is 66.7 Å². The molecule has 0 saturated carbocycles. The van der Waals surface area contributed by atoms with E-state index in [1.807, 2.05) is 12.1 Å². The minimum atomic E-state index is -0.506. The molecule has 0 unspecified atom stereocenters. The summed E-state index contributed by atoms with van der Waals surface area (Å²) in [5.41, 5.74) is 2.21. The standard InChI is InChI=1S/C23H17NO5/c1-14-19(29-23(26)16-9-11-24-12-10-16)8-7-18-21(25)20(28-22(14)18)13-15-3-5-17(27-2)6-4-15/h3-13H,1-2H3/b20-13-. The predicted octanol–water partition coefficient (Wildman–Crippen LogP) is 4.23. The zero-order valence-corrected chi connectivity index (χ0v) is 15.8. The molecule has 1 aromatic heterocycles. The molecule has 0 saturated heterocycles. The maximum Gasteiger partial charge on any atom is 0.343 e. The number of esters is 1. The van der Waals surface area contributed by atoms with Crippen molar-refractivity contribution >= 4 is 17.8 Å². The Kier molecular flexibility index (Phi) is 4.83. The fourth-order valence-electron chi connectivity index (χ4n) is 2.98. The molecule has 144 valence electrons. The van der Waals surface area contributed by atoms with Crippen LogP contribution >= 0.6 is 0 Å². The molecule has 1 aliphatic rings. The highest BCUT2D eigenvalue weighted by Gasteiger charge is 2.30. The molecule has 6 nitrogen and oxygen atoms in total. The zero-order valence-electron chi connectivity index (χ0n) is 15.8. The first-order chi connectivity index (χ1) is 14.1. The van der Waals surface area contributed by atoms with Crippen LogP contribution < -0.4 is 14.2 Å². The topological polar surface area (TPSA) is 74.7 Å². The van der Waals surface area contributed by atoms with Crippen molar-refractivity contribution in [1.29, 1.82) is 0 Å². The second kappa shape index (κ2) is 7.59. The number of nitrogens with zero attached hydrogens (tertiary/aromatic N) is 1. The molecule has 4 rings (SSSR count). The van der Waals surface area contributed by atoms with E-state index in [-0.39, 0.29) is 11.5 Å². The van der Waals surface area contributed by atoms with E-state index >= 15 is 0 Å². The van der Waals surface area contributed by atoms with Crippen molar-refractivity contribution in [3.8, 4) is 17.2 Å². The molecule has 29 heavy (non-hydrogen) atoms. The van der Waals surface area contributed by atoms with Crippen molar-refractivity contribution in [3.63, 3.8) is 0 Å². The molecule has 0 aliphatic carbocycles. The van der Waals surface area contributed by atoms with E-state index in [1.165, 1.54) is 12.4 Å². The van der Waals surface area contributed by atoms with E-state index in [9.17, 15) is 9.59 Å². The van der Waals surface area contributed by atoms with Crippen molar-refractivity contribution in [2.24, 2.45) is 0 Å². The molecule has 0 spiro atoms. The Balaban J connectivity index is 1.59. The van der Waals surface area contributed by atoms with Gasteiger partial charge >= 0.3 is 5.97 Å². The van der Waals surface area contributed by atoms with Gasteiger partial charge in [0.2, 0.25) is 5.78 Å². The van der Waals surface area contributed by atoms with E-state index in [0.717, 1.165) is 11.3 Å². The Morgan fingerprint density at radius 2 is 1.76 bits per heavy atom. The molecule has 0 atom stereocenters. The molecular weight excluding hydrogens is 370 g/mol. The first-order valence-electron chi connectivity index (χ1n) is 8.91. The number of allylic oxidation sites excluding steroid dienone is 1.